The van der Waals surface area contributed by atoms with Gasteiger partial charge in [-0.2, -0.15) is 18.2 Å². The molecule has 4 rings (SSSR count). The molecule has 28 heavy (non-hydrogen) atoms. The van der Waals surface area contributed by atoms with Crippen molar-refractivity contribution in [3.05, 3.63) is 64.4 Å². The van der Waals surface area contributed by atoms with E-state index in [2.05, 4.69) is 19.6 Å². The van der Waals surface area contributed by atoms with Crippen LogP contribution in [0.3, 0.4) is 0 Å². The quantitative estimate of drug-likeness (QED) is 0.361. The lowest BCUT2D eigenvalue weighted by molar-refractivity contribution is -0.159. The summed E-state index contributed by atoms with van der Waals surface area (Å²) < 4.78 is 43.8. The number of imidazole rings is 1. The Labute approximate surface area is 170 Å². The summed E-state index contributed by atoms with van der Waals surface area (Å²) in [5, 5.41) is 4.35. The van der Waals surface area contributed by atoms with E-state index in [9.17, 15) is 13.2 Å². The fraction of sp³-hybridized carbons (Fsp3) is 0.118. The molecule has 0 N–H and O–H groups in total. The summed E-state index contributed by atoms with van der Waals surface area (Å²) in [6.45, 7) is 0. The van der Waals surface area contributed by atoms with Gasteiger partial charge in [-0.15, -0.1) is 11.8 Å². The Bertz CT molecular complexity index is 1160. The second kappa shape index (κ2) is 7.31. The molecule has 0 saturated heterocycles. The van der Waals surface area contributed by atoms with E-state index >= 15 is 0 Å². The number of halogens is 5. The summed E-state index contributed by atoms with van der Waals surface area (Å²) in [7, 11) is 0. The van der Waals surface area contributed by atoms with Crippen molar-refractivity contribution in [2.45, 2.75) is 16.8 Å². The van der Waals surface area contributed by atoms with Crippen LogP contribution in [0.2, 0.25) is 10.0 Å². The molecule has 0 unspecified atom stereocenters. The lowest BCUT2D eigenvalue weighted by atomic mass is 10.3. The van der Waals surface area contributed by atoms with Crippen molar-refractivity contribution in [1.82, 2.24) is 19.5 Å². The number of alkyl halides is 3. The number of nitrogens with zero attached hydrogens (tertiary/aromatic N) is 4. The van der Waals surface area contributed by atoms with Crippen LogP contribution in [0.5, 0.6) is 0 Å². The first-order chi connectivity index (χ1) is 13.3. The molecule has 3 heterocycles. The molecular weight excluding hydrogens is 436 g/mol. The summed E-state index contributed by atoms with van der Waals surface area (Å²) in [6.07, 6.45) is -1.30. The Morgan fingerprint density at radius 3 is 2.57 bits per heavy atom. The zero-order chi connectivity index (χ0) is 19.9. The van der Waals surface area contributed by atoms with Crippen LogP contribution in [0, 0.1) is 0 Å². The fourth-order valence-electron chi connectivity index (χ4n) is 2.43. The molecule has 5 nitrogen and oxygen atoms in total. The topological polar surface area (TPSA) is 56.2 Å². The van der Waals surface area contributed by atoms with Crippen molar-refractivity contribution in [3.8, 4) is 11.4 Å². The van der Waals surface area contributed by atoms with Gasteiger partial charge in [0, 0.05) is 28.6 Å². The minimum absolute atomic E-state index is 0.144. The minimum atomic E-state index is -4.68. The monoisotopic (exact) mass is 444 g/mol. The van der Waals surface area contributed by atoms with Crippen LogP contribution >= 0.6 is 35.0 Å². The molecule has 0 saturated carbocycles. The van der Waals surface area contributed by atoms with E-state index in [4.69, 9.17) is 23.2 Å². The number of rotatable bonds is 4. The zero-order valence-corrected chi connectivity index (χ0v) is 16.1. The Hall–Kier alpha value is -2.23. The molecular formula is C17H9Cl2F3N4OS. The molecule has 0 spiro atoms. The van der Waals surface area contributed by atoms with Gasteiger partial charge in [0.05, 0.1) is 15.7 Å². The molecule has 144 valence electrons. The van der Waals surface area contributed by atoms with Crippen molar-refractivity contribution < 1.29 is 17.7 Å². The molecule has 0 aliphatic carbocycles. The molecule has 4 aromatic rings. The van der Waals surface area contributed by atoms with Crippen LogP contribution in [-0.2, 0) is 11.9 Å². The summed E-state index contributed by atoms with van der Waals surface area (Å²) in [5.41, 5.74) is 1.82. The Kier molecular flexibility index (Phi) is 4.98. The fourth-order valence-corrected chi connectivity index (χ4v) is 3.61. The highest BCUT2D eigenvalue weighted by atomic mass is 35.5. The standard InChI is InChI=1S/C17H9Cl2F3N4OS/c18-12-3-2-11(5-13(12)19)28-8-10-7-26-6-9(1-4-14(26)23-10)15-24-16(27-25-15)17(20,21)22/h1-7H,8H2. The van der Waals surface area contributed by atoms with Crippen LogP contribution < -0.4 is 0 Å². The normalized spacial score (nSPS) is 12.0. The molecule has 0 aliphatic rings. The van der Waals surface area contributed by atoms with Gasteiger partial charge in [-0.1, -0.05) is 28.4 Å². The number of hydrogen-bond donors (Lipinski definition) is 0. The largest absolute Gasteiger partial charge is 0.471 e. The Morgan fingerprint density at radius 1 is 1.04 bits per heavy atom. The molecule has 11 heteroatoms. The molecule has 0 amide bonds. The average molecular weight is 445 g/mol. The molecule has 0 radical (unpaired) electrons. The lowest BCUT2D eigenvalue weighted by Crippen LogP contribution is -2.04. The van der Waals surface area contributed by atoms with Crippen LogP contribution in [0.25, 0.3) is 17.0 Å². The molecule has 1 aromatic carbocycles. The Morgan fingerprint density at radius 2 is 1.86 bits per heavy atom. The highest BCUT2D eigenvalue weighted by Crippen LogP contribution is 2.31. The smallest absolute Gasteiger partial charge is 0.329 e. The average Bonchev–Trinajstić information content (AvgIpc) is 3.28. The number of benzene rings is 1. The van der Waals surface area contributed by atoms with Crippen LogP contribution in [0.4, 0.5) is 13.2 Å². The van der Waals surface area contributed by atoms with Crippen LogP contribution in [-0.4, -0.2) is 19.5 Å². The highest BCUT2D eigenvalue weighted by Gasteiger charge is 2.38. The van der Waals surface area contributed by atoms with Gasteiger partial charge in [0.15, 0.2) is 0 Å². The number of hydrogen-bond acceptors (Lipinski definition) is 5. The number of pyridine rings is 1. The number of thioether (sulfide) groups is 1. The summed E-state index contributed by atoms with van der Waals surface area (Å²) >= 11 is 13.5. The maximum absolute atomic E-state index is 12.6. The van der Waals surface area contributed by atoms with Crippen molar-refractivity contribution in [2.75, 3.05) is 0 Å². The van der Waals surface area contributed by atoms with Crippen LogP contribution in [0.15, 0.2) is 52.1 Å². The van der Waals surface area contributed by atoms with Gasteiger partial charge in [-0.05, 0) is 30.3 Å². The molecule has 0 aliphatic heterocycles. The summed E-state index contributed by atoms with van der Waals surface area (Å²) in [4.78, 5) is 8.82. The van der Waals surface area contributed by atoms with E-state index in [-0.39, 0.29) is 5.82 Å². The third-order valence-corrected chi connectivity index (χ3v) is 5.47. The summed E-state index contributed by atoms with van der Waals surface area (Å²) in [5.74, 6) is -0.948. The first-order valence-corrected chi connectivity index (χ1v) is 9.50. The first-order valence-electron chi connectivity index (χ1n) is 7.76. The van der Waals surface area contributed by atoms with Gasteiger partial charge in [-0.3, -0.25) is 0 Å². The van der Waals surface area contributed by atoms with E-state index in [1.165, 1.54) is 11.8 Å². The van der Waals surface area contributed by atoms with Gasteiger partial charge in [0.2, 0.25) is 5.82 Å². The van der Waals surface area contributed by atoms with Gasteiger partial charge in [0.25, 0.3) is 0 Å². The van der Waals surface area contributed by atoms with Crippen molar-refractivity contribution >= 4 is 40.6 Å². The van der Waals surface area contributed by atoms with Gasteiger partial charge >= 0.3 is 12.1 Å². The third-order valence-electron chi connectivity index (χ3n) is 3.71. The molecule has 0 fully saturated rings. The lowest BCUT2D eigenvalue weighted by Gasteiger charge is -2.01. The van der Waals surface area contributed by atoms with Gasteiger partial charge in [0.1, 0.15) is 5.65 Å². The molecule has 0 atom stereocenters. The second-order valence-electron chi connectivity index (χ2n) is 5.70. The predicted molar refractivity (Wildman–Crippen MR) is 99.5 cm³/mol. The van der Waals surface area contributed by atoms with E-state index in [1.807, 2.05) is 6.07 Å². The molecule has 3 aromatic heterocycles. The maximum Gasteiger partial charge on any atom is 0.471 e. The highest BCUT2D eigenvalue weighted by molar-refractivity contribution is 7.98. The van der Waals surface area contributed by atoms with Crippen molar-refractivity contribution in [2.24, 2.45) is 0 Å². The van der Waals surface area contributed by atoms with E-state index < -0.39 is 12.1 Å². The van der Waals surface area contributed by atoms with Crippen molar-refractivity contribution in [3.63, 3.8) is 0 Å². The van der Waals surface area contributed by atoms with Crippen LogP contribution in [0.1, 0.15) is 11.6 Å². The number of fused-ring (bicyclic) bond motifs is 1. The van der Waals surface area contributed by atoms with Gasteiger partial charge < -0.3 is 8.92 Å². The minimum Gasteiger partial charge on any atom is -0.329 e. The zero-order valence-electron chi connectivity index (χ0n) is 13.7. The van der Waals surface area contributed by atoms with Gasteiger partial charge in [-0.25, -0.2) is 4.98 Å². The second-order valence-corrected chi connectivity index (χ2v) is 7.56. The van der Waals surface area contributed by atoms with E-state index in [0.29, 0.717) is 27.0 Å². The third kappa shape index (κ3) is 3.96. The van der Waals surface area contributed by atoms with E-state index in [0.717, 1.165) is 10.6 Å². The Balaban J connectivity index is 1.54. The molecule has 0 bridgehead atoms. The summed E-state index contributed by atoms with van der Waals surface area (Å²) in [6, 6.07) is 8.62. The SMILES string of the molecule is FC(F)(F)c1nc(-c2ccc3nc(CSc4ccc(Cl)c(Cl)c4)cn3c2)no1. The maximum atomic E-state index is 12.6. The van der Waals surface area contributed by atoms with Crippen molar-refractivity contribution in [1.29, 1.82) is 0 Å². The predicted octanol–water partition coefficient (Wildman–Crippen LogP) is 6.00. The number of aromatic nitrogens is 4. The first kappa shape index (κ1) is 19.1. The van der Waals surface area contributed by atoms with E-state index in [1.54, 1.807) is 41.1 Å².